The lowest BCUT2D eigenvalue weighted by Crippen LogP contribution is -1.91. The highest BCUT2D eigenvalue weighted by molar-refractivity contribution is 9.11. The van der Waals surface area contributed by atoms with Crippen LogP contribution >= 0.6 is 31.9 Å². The number of hydrogen-bond acceptors (Lipinski definition) is 3. The van der Waals surface area contributed by atoms with Crippen molar-refractivity contribution < 1.29 is 4.74 Å². The fraction of sp³-hybridized carbons (Fsp3) is 0.0833. The highest BCUT2D eigenvalue weighted by Gasteiger charge is 2.04. The number of aromatic nitrogens is 1. The minimum atomic E-state index is 0.694. The van der Waals surface area contributed by atoms with Gasteiger partial charge in [0.05, 0.1) is 22.6 Å². The second-order valence-corrected chi connectivity index (χ2v) is 5.11. The molecular weight excluding hydrogens is 348 g/mol. The standard InChI is InChI=1S/C12H10Br2N2O/c1-15-9-5-10(7-16-6-9)17-12-3-2-8(13)4-11(12)14/h2-7,15H,1H3. The zero-order valence-electron chi connectivity index (χ0n) is 9.08. The minimum absolute atomic E-state index is 0.694. The van der Waals surface area contributed by atoms with Gasteiger partial charge in [-0.25, -0.2) is 0 Å². The number of nitrogens with one attached hydrogen (secondary N) is 1. The van der Waals surface area contributed by atoms with Crippen LogP contribution in [0.5, 0.6) is 11.5 Å². The Morgan fingerprint density at radius 3 is 2.71 bits per heavy atom. The Hall–Kier alpha value is -1.07. The maximum atomic E-state index is 5.74. The summed E-state index contributed by atoms with van der Waals surface area (Å²) in [6.45, 7) is 0. The van der Waals surface area contributed by atoms with Crippen molar-refractivity contribution in [3.63, 3.8) is 0 Å². The van der Waals surface area contributed by atoms with Crippen molar-refractivity contribution in [1.82, 2.24) is 4.98 Å². The van der Waals surface area contributed by atoms with Gasteiger partial charge in [0.15, 0.2) is 0 Å². The first-order valence-corrected chi connectivity index (χ1v) is 6.53. The molecule has 0 spiro atoms. The summed E-state index contributed by atoms with van der Waals surface area (Å²) in [7, 11) is 1.84. The van der Waals surface area contributed by atoms with Crippen molar-refractivity contribution >= 4 is 37.5 Å². The Bertz CT molecular complexity index is 532. The Labute approximate surface area is 116 Å². The van der Waals surface area contributed by atoms with Crippen LogP contribution in [0.2, 0.25) is 0 Å². The molecule has 5 heteroatoms. The lowest BCUT2D eigenvalue weighted by molar-refractivity contribution is 0.477. The van der Waals surface area contributed by atoms with E-state index in [1.165, 1.54) is 0 Å². The van der Waals surface area contributed by atoms with Crippen molar-refractivity contribution in [2.45, 2.75) is 0 Å². The number of halogens is 2. The van der Waals surface area contributed by atoms with Crippen LogP contribution in [0, 0.1) is 0 Å². The molecule has 2 rings (SSSR count). The number of hydrogen-bond donors (Lipinski definition) is 1. The fourth-order valence-electron chi connectivity index (χ4n) is 1.30. The van der Waals surface area contributed by atoms with Crippen LogP contribution in [0.15, 0.2) is 45.6 Å². The summed E-state index contributed by atoms with van der Waals surface area (Å²) in [4.78, 5) is 4.09. The molecular formula is C12H10Br2N2O. The van der Waals surface area contributed by atoms with Crippen LogP contribution in [0.3, 0.4) is 0 Å². The van der Waals surface area contributed by atoms with E-state index < -0.39 is 0 Å². The van der Waals surface area contributed by atoms with Gasteiger partial charge in [0.1, 0.15) is 11.5 Å². The molecule has 3 nitrogen and oxygen atoms in total. The van der Waals surface area contributed by atoms with Gasteiger partial charge < -0.3 is 10.1 Å². The maximum absolute atomic E-state index is 5.74. The molecule has 0 unspecified atom stereocenters. The third kappa shape index (κ3) is 3.20. The van der Waals surface area contributed by atoms with E-state index in [0.717, 1.165) is 20.4 Å². The van der Waals surface area contributed by atoms with Crippen LogP contribution < -0.4 is 10.1 Å². The Morgan fingerprint density at radius 2 is 2.00 bits per heavy atom. The normalized spacial score (nSPS) is 10.1. The molecule has 1 N–H and O–H groups in total. The SMILES string of the molecule is CNc1cncc(Oc2ccc(Br)cc2Br)c1. The first-order valence-electron chi connectivity index (χ1n) is 4.95. The van der Waals surface area contributed by atoms with E-state index in [2.05, 4.69) is 42.2 Å². The second kappa shape index (κ2) is 5.51. The van der Waals surface area contributed by atoms with Crippen LogP contribution in [0.25, 0.3) is 0 Å². The minimum Gasteiger partial charge on any atom is -0.454 e. The van der Waals surface area contributed by atoms with E-state index in [4.69, 9.17) is 4.74 Å². The average Bonchev–Trinajstić information content (AvgIpc) is 2.33. The zero-order valence-corrected chi connectivity index (χ0v) is 12.2. The quantitative estimate of drug-likeness (QED) is 0.881. The van der Waals surface area contributed by atoms with E-state index in [0.29, 0.717) is 5.75 Å². The number of nitrogens with zero attached hydrogens (tertiary/aromatic N) is 1. The fourth-order valence-corrected chi connectivity index (χ4v) is 2.42. The first-order chi connectivity index (χ1) is 8.19. The molecule has 2 aromatic rings. The summed E-state index contributed by atoms with van der Waals surface area (Å²) in [5, 5.41) is 3.02. The number of pyridine rings is 1. The maximum Gasteiger partial charge on any atom is 0.147 e. The molecule has 1 aromatic carbocycles. The van der Waals surface area contributed by atoms with Gasteiger partial charge in [-0.05, 0) is 34.1 Å². The smallest absolute Gasteiger partial charge is 0.147 e. The highest BCUT2D eigenvalue weighted by atomic mass is 79.9. The van der Waals surface area contributed by atoms with Crippen molar-refractivity contribution in [3.05, 3.63) is 45.6 Å². The lowest BCUT2D eigenvalue weighted by Gasteiger charge is -2.08. The van der Waals surface area contributed by atoms with Gasteiger partial charge in [0.2, 0.25) is 0 Å². The summed E-state index contributed by atoms with van der Waals surface area (Å²) in [6, 6.07) is 7.64. The topological polar surface area (TPSA) is 34.2 Å². The molecule has 0 amide bonds. The molecule has 0 aliphatic carbocycles. The molecule has 0 aliphatic rings. The Kier molecular flexibility index (Phi) is 4.02. The van der Waals surface area contributed by atoms with Gasteiger partial charge in [0, 0.05) is 17.6 Å². The number of ether oxygens (including phenoxy) is 1. The summed E-state index contributed by atoms with van der Waals surface area (Å²) >= 11 is 6.85. The first kappa shape index (κ1) is 12.4. The molecule has 0 saturated heterocycles. The summed E-state index contributed by atoms with van der Waals surface area (Å²) < 4.78 is 7.63. The molecule has 17 heavy (non-hydrogen) atoms. The molecule has 0 atom stereocenters. The summed E-state index contributed by atoms with van der Waals surface area (Å²) in [5.74, 6) is 1.45. The molecule has 0 aliphatic heterocycles. The average molecular weight is 358 g/mol. The van der Waals surface area contributed by atoms with E-state index >= 15 is 0 Å². The van der Waals surface area contributed by atoms with Crippen molar-refractivity contribution in [2.75, 3.05) is 12.4 Å². The van der Waals surface area contributed by atoms with E-state index in [-0.39, 0.29) is 0 Å². The molecule has 1 heterocycles. The Morgan fingerprint density at radius 1 is 1.18 bits per heavy atom. The van der Waals surface area contributed by atoms with Gasteiger partial charge >= 0.3 is 0 Å². The van der Waals surface area contributed by atoms with Crippen LogP contribution in [-0.4, -0.2) is 12.0 Å². The monoisotopic (exact) mass is 356 g/mol. The lowest BCUT2D eigenvalue weighted by atomic mass is 10.3. The third-order valence-corrected chi connectivity index (χ3v) is 3.24. The van der Waals surface area contributed by atoms with Crippen molar-refractivity contribution in [1.29, 1.82) is 0 Å². The molecule has 0 fully saturated rings. The highest BCUT2D eigenvalue weighted by Crippen LogP contribution is 2.32. The van der Waals surface area contributed by atoms with Crippen LogP contribution in [0.4, 0.5) is 5.69 Å². The van der Waals surface area contributed by atoms with Gasteiger partial charge in [-0.3, -0.25) is 4.98 Å². The molecule has 0 bridgehead atoms. The third-order valence-electron chi connectivity index (χ3n) is 2.12. The van der Waals surface area contributed by atoms with Crippen LogP contribution in [0.1, 0.15) is 0 Å². The van der Waals surface area contributed by atoms with Gasteiger partial charge in [-0.1, -0.05) is 15.9 Å². The molecule has 0 radical (unpaired) electrons. The molecule has 88 valence electrons. The van der Waals surface area contributed by atoms with Crippen molar-refractivity contribution in [2.24, 2.45) is 0 Å². The number of benzene rings is 1. The van der Waals surface area contributed by atoms with Crippen molar-refractivity contribution in [3.8, 4) is 11.5 Å². The predicted octanol–water partition coefficient (Wildman–Crippen LogP) is 4.44. The molecule has 1 aromatic heterocycles. The summed E-state index contributed by atoms with van der Waals surface area (Å²) in [5.41, 5.74) is 0.913. The number of rotatable bonds is 3. The van der Waals surface area contributed by atoms with Crippen LogP contribution in [-0.2, 0) is 0 Å². The summed E-state index contributed by atoms with van der Waals surface area (Å²) in [6.07, 6.45) is 3.42. The number of anilines is 1. The van der Waals surface area contributed by atoms with E-state index in [9.17, 15) is 0 Å². The zero-order chi connectivity index (χ0) is 12.3. The van der Waals surface area contributed by atoms with E-state index in [1.54, 1.807) is 12.4 Å². The Balaban J connectivity index is 2.25. The van der Waals surface area contributed by atoms with Gasteiger partial charge in [-0.2, -0.15) is 0 Å². The largest absolute Gasteiger partial charge is 0.454 e. The van der Waals surface area contributed by atoms with Gasteiger partial charge in [-0.15, -0.1) is 0 Å². The van der Waals surface area contributed by atoms with E-state index in [1.807, 2.05) is 31.3 Å². The van der Waals surface area contributed by atoms with Gasteiger partial charge in [0.25, 0.3) is 0 Å². The molecule has 0 saturated carbocycles. The predicted molar refractivity (Wildman–Crippen MR) is 75.7 cm³/mol. The second-order valence-electron chi connectivity index (χ2n) is 3.34.